The zero-order valence-electron chi connectivity index (χ0n) is 19.7. The van der Waals surface area contributed by atoms with E-state index in [1.165, 1.54) is 44.1 Å². The van der Waals surface area contributed by atoms with E-state index in [2.05, 4.69) is 109 Å². The molecule has 0 radical (unpaired) electrons. The quantitative estimate of drug-likeness (QED) is 0.244. The molecule has 0 N–H and O–H groups in total. The molecule has 1 aliphatic carbocycles. The van der Waals surface area contributed by atoms with Gasteiger partial charge in [-0.15, -0.1) is 0 Å². The van der Waals surface area contributed by atoms with Gasteiger partial charge >= 0.3 is 0 Å². The Hall–Kier alpha value is -4.30. The molecule has 166 valence electrons. The summed E-state index contributed by atoms with van der Waals surface area (Å²) in [7, 11) is 0. The minimum Gasteiger partial charge on any atom is -0.456 e. The number of hydrogen-bond donors (Lipinski definition) is 0. The number of para-hydroxylation sites is 2. The fourth-order valence-corrected chi connectivity index (χ4v) is 6.29. The number of rotatable bonds is 1. The number of fused-ring (bicyclic) bond motifs is 9. The van der Waals surface area contributed by atoms with E-state index in [0.717, 1.165) is 27.6 Å². The lowest BCUT2D eigenvalue weighted by Gasteiger charge is -2.21. The van der Waals surface area contributed by atoms with Crippen molar-refractivity contribution in [1.29, 1.82) is 0 Å². The van der Waals surface area contributed by atoms with Gasteiger partial charge in [-0.2, -0.15) is 0 Å². The molecule has 5 aromatic carbocycles. The summed E-state index contributed by atoms with van der Waals surface area (Å²) >= 11 is 0. The van der Waals surface area contributed by atoms with Crippen molar-refractivity contribution in [1.82, 2.24) is 4.57 Å². The normalized spacial score (nSPS) is 14.2. The van der Waals surface area contributed by atoms with Crippen LogP contribution >= 0.6 is 0 Å². The first-order chi connectivity index (χ1) is 17.1. The van der Waals surface area contributed by atoms with Gasteiger partial charge in [0, 0.05) is 38.7 Å². The molecule has 0 fully saturated rings. The van der Waals surface area contributed by atoms with Gasteiger partial charge in [0.15, 0.2) is 0 Å². The van der Waals surface area contributed by atoms with E-state index >= 15 is 0 Å². The van der Waals surface area contributed by atoms with Gasteiger partial charge in [0.05, 0.1) is 11.0 Å². The second-order valence-electron chi connectivity index (χ2n) is 10.2. The average molecular weight is 450 g/mol. The van der Waals surface area contributed by atoms with Gasteiger partial charge in [0.2, 0.25) is 0 Å². The minimum absolute atomic E-state index is 0.0376. The van der Waals surface area contributed by atoms with Crippen molar-refractivity contribution in [3.8, 4) is 16.8 Å². The van der Waals surface area contributed by atoms with Crippen molar-refractivity contribution >= 4 is 43.7 Å². The monoisotopic (exact) mass is 449 g/mol. The maximum absolute atomic E-state index is 6.25. The van der Waals surface area contributed by atoms with Crippen molar-refractivity contribution in [3.63, 3.8) is 0 Å². The van der Waals surface area contributed by atoms with Crippen molar-refractivity contribution in [2.45, 2.75) is 19.3 Å². The van der Waals surface area contributed by atoms with Crippen molar-refractivity contribution in [2.75, 3.05) is 0 Å². The van der Waals surface area contributed by atoms with Crippen LogP contribution in [-0.2, 0) is 5.41 Å². The molecule has 0 bridgehead atoms. The summed E-state index contributed by atoms with van der Waals surface area (Å²) in [6.07, 6.45) is 0. The summed E-state index contributed by atoms with van der Waals surface area (Å²) in [5.74, 6) is 0. The molecule has 0 atom stereocenters. The number of furan rings is 1. The Kier molecular flexibility index (Phi) is 3.50. The number of aromatic nitrogens is 1. The van der Waals surface area contributed by atoms with Crippen LogP contribution in [0.4, 0.5) is 0 Å². The molecule has 2 nitrogen and oxygen atoms in total. The second kappa shape index (κ2) is 6.43. The topological polar surface area (TPSA) is 18.1 Å². The molecule has 0 saturated heterocycles. The summed E-state index contributed by atoms with van der Waals surface area (Å²) in [6, 6.07) is 37.3. The van der Waals surface area contributed by atoms with E-state index in [1.807, 2.05) is 12.1 Å². The third-order valence-electron chi connectivity index (χ3n) is 8.00. The summed E-state index contributed by atoms with van der Waals surface area (Å²) in [4.78, 5) is 0. The lowest BCUT2D eigenvalue weighted by molar-refractivity contribution is 0.661. The number of nitrogens with zero attached hydrogens (tertiary/aromatic N) is 1. The Morgan fingerprint density at radius 1 is 0.543 bits per heavy atom. The van der Waals surface area contributed by atoms with Crippen LogP contribution in [0.15, 0.2) is 108 Å². The Labute approximate surface area is 203 Å². The molecule has 0 aliphatic heterocycles. The molecule has 2 heteroatoms. The predicted octanol–water partition coefficient (Wildman–Crippen LogP) is 8.99. The van der Waals surface area contributed by atoms with Crippen molar-refractivity contribution in [2.24, 2.45) is 0 Å². The van der Waals surface area contributed by atoms with E-state index in [4.69, 9.17) is 4.42 Å². The van der Waals surface area contributed by atoms with Crippen LogP contribution in [-0.4, -0.2) is 4.57 Å². The largest absolute Gasteiger partial charge is 0.456 e. The summed E-state index contributed by atoms with van der Waals surface area (Å²) in [6.45, 7) is 4.69. The zero-order chi connectivity index (χ0) is 23.3. The van der Waals surface area contributed by atoms with E-state index in [-0.39, 0.29) is 5.41 Å². The molecule has 0 saturated carbocycles. The molecule has 8 rings (SSSR count). The molecule has 0 amide bonds. The van der Waals surface area contributed by atoms with Gasteiger partial charge in [-0.3, -0.25) is 0 Å². The third kappa shape index (κ3) is 2.39. The molecule has 7 aromatic rings. The molecule has 35 heavy (non-hydrogen) atoms. The standard InChI is InChI=1S/C33H23NO/c1-33(2)27-12-6-3-9-21(27)25-18-26-22-10-4-7-13-29(22)34(30(26)19-28(25)33)20-15-16-24-23-11-5-8-14-31(23)35-32(24)17-20/h3-19H,1-2H3. The maximum Gasteiger partial charge on any atom is 0.137 e. The lowest BCUT2D eigenvalue weighted by Crippen LogP contribution is -2.14. The highest BCUT2D eigenvalue weighted by Gasteiger charge is 2.36. The van der Waals surface area contributed by atoms with Crippen LogP contribution in [0.2, 0.25) is 0 Å². The van der Waals surface area contributed by atoms with Crippen molar-refractivity contribution in [3.05, 3.63) is 114 Å². The van der Waals surface area contributed by atoms with Crippen LogP contribution in [0.1, 0.15) is 25.0 Å². The van der Waals surface area contributed by atoms with E-state index in [9.17, 15) is 0 Å². The molecule has 0 unspecified atom stereocenters. The van der Waals surface area contributed by atoms with Gasteiger partial charge in [-0.05, 0) is 58.7 Å². The van der Waals surface area contributed by atoms with Crippen LogP contribution in [0.3, 0.4) is 0 Å². The Morgan fingerprint density at radius 2 is 1.29 bits per heavy atom. The van der Waals surface area contributed by atoms with Gasteiger partial charge in [0.1, 0.15) is 11.2 Å². The highest BCUT2D eigenvalue weighted by molar-refractivity contribution is 6.12. The molecular formula is C33H23NO. The summed E-state index contributed by atoms with van der Waals surface area (Å²) in [5, 5.41) is 4.88. The highest BCUT2D eigenvalue weighted by Crippen LogP contribution is 2.51. The smallest absolute Gasteiger partial charge is 0.137 e. The second-order valence-corrected chi connectivity index (χ2v) is 10.2. The van der Waals surface area contributed by atoms with Gasteiger partial charge < -0.3 is 8.98 Å². The first-order valence-electron chi connectivity index (χ1n) is 12.2. The molecule has 1 aliphatic rings. The maximum atomic E-state index is 6.25. The van der Waals surface area contributed by atoms with Crippen LogP contribution < -0.4 is 0 Å². The average Bonchev–Trinajstić information content (AvgIpc) is 3.49. The summed E-state index contributed by atoms with van der Waals surface area (Å²) in [5.41, 5.74) is 10.9. The minimum atomic E-state index is -0.0376. The lowest BCUT2D eigenvalue weighted by atomic mass is 9.82. The third-order valence-corrected chi connectivity index (χ3v) is 8.00. The Morgan fingerprint density at radius 3 is 2.20 bits per heavy atom. The van der Waals surface area contributed by atoms with Gasteiger partial charge in [-0.25, -0.2) is 0 Å². The molecule has 0 spiro atoms. The van der Waals surface area contributed by atoms with Gasteiger partial charge in [0.25, 0.3) is 0 Å². The molecular weight excluding hydrogens is 426 g/mol. The van der Waals surface area contributed by atoms with Gasteiger partial charge in [-0.1, -0.05) is 74.5 Å². The van der Waals surface area contributed by atoms with Crippen LogP contribution in [0, 0.1) is 0 Å². The SMILES string of the molecule is CC1(C)c2ccccc2-c2cc3c4ccccc4n(-c4ccc5c(c4)oc4ccccc45)c3cc21. The first kappa shape index (κ1) is 19.1. The fraction of sp³-hybridized carbons (Fsp3) is 0.0909. The van der Waals surface area contributed by atoms with Crippen LogP contribution in [0.25, 0.3) is 60.6 Å². The van der Waals surface area contributed by atoms with E-state index < -0.39 is 0 Å². The fourth-order valence-electron chi connectivity index (χ4n) is 6.29. The highest BCUT2D eigenvalue weighted by atomic mass is 16.3. The molecule has 2 heterocycles. The van der Waals surface area contributed by atoms with E-state index in [1.54, 1.807) is 0 Å². The number of hydrogen-bond acceptors (Lipinski definition) is 1. The Bertz CT molecular complexity index is 1980. The Balaban J connectivity index is 1.47. The first-order valence-corrected chi connectivity index (χ1v) is 12.2. The van der Waals surface area contributed by atoms with Crippen molar-refractivity contribution < 1.29 is 4.42 Å². The summed E-state index contributed by atoms with van der Waals surface area (Å²) < 4.78 is 8.65. The zero-order valence-corrected chi connectivity index (χ0v) is 19.7. The molecule has 2 aromatic heterocycles. The predicted molar refractivity (Wildman–Crippen MR) is 146 cm³/mol. The van der Waals surface area contributed by atoms with E-state index in [0.29, 0.717) is 0 Å². The van der Waals surface area contributed by atoms with Crippen LogP contribution in [0.5, 0.6) is 0 Å². The number of benzene rings is 5.